The lowest BCUT2D eigenvalue weighted by molar-refractivity contribution is 0.0953. The molecule has 4 N–H and O–H groups in total. The summed E-state index contributed by atoms with van der Waals surface area (Å²) in [4.78, 5) is 32.7. The highest BCUT2D eigenvalue weighted by Crippen LogP contribution is 2.37. The minimum Gasteiger partial charge on any atom is -0.353 e. The van der Waals surface area contributed by atoms with Gasteiger partial charge < -0.3 is 20.9 Å². The van der Waals surface area contributed by atoms with Crippen LogP contribution >= 0.6 is 0 Å². The lowest BCUT2D eigenvalue weighted by Crippen LogP contribution is -2.25. The average molecular weight is 531 g/mol. The molecule has 194 valence electrons. The van der Waals surface area contributed by atoms with E-state index in [0.717, 1.165) is 17.5 Å². The maximum absolute atomic E-state index is 13.0. The lowest BCUT2D eigenvalue weighted by atomic mass is 10.0. The topological polar surface area (TPSA) is 136 Å². The molecule has 3 aromatic carbocycles. The van der Waals surface area contributed by atoms with Gasteiger partial charge in [0.25, 0.3) is 11.8 Å². The highest BCUT2D eigenvalue weighted by atomic mass is 32.2. The summed E-state index contributed by atoms with van der Waals surface area (Å²) in [5.74, 6) is -0.535. The number of H-pyrrole nitrogens is 1. The minimum absolute atomic E-state index is 0.239. The molecule has 11 heteroatoms. The Morgan fingerprint density at radius 2 is 1.79 bits per heavy atom. The van der Waals surface area contributed by atoms with E-state index in [0.29, 0.717) is 52.4 Å². The van der Waals surface area contributed by atoms with Gasteiger partial charge in [-0.1, -0.05) is 24.3 Å². The molecule has 2 amide bonds. The maximum Gasteiger partial charge on any atom is 0.257 e. The van der Waals surface area contributed by atoms with Crippen molar-refractivity contribution in [1.82, 2.24) is 15.3 Å². The molecule has 0 fully saturated rings. The molecule has 0 aliphatic carbocycles. The number of aromatic amines is 1. The van der Waals surface area contributed by atoms with E-state index in [1.54, 1.807) is 61.1 Å². The van der Waals surface area contributed by atoms with Crippen LogP contribution in [0.2, 0.25) is 0 Å². The second-order valence-corrected chi connectivity index (χ2v) is 10.9. The number of amides is 2. The monoisotopic (exact) mass is 530 g/mol. The number of fused-ring (bicyclic) bond motifs is 2. The SMILES string of the molecule is CN(c1ccccc1-c1ccc2c(c1)Nc1cc(C(=O)NCCc3cnc[nH]3)ccc1NC2=O)S(C)(=O)=O. The standard InChI is InChI=1S/C27H26N6O4S/c1-33(38(2,36)37)25-6-4-3-5-20(25)17-7-9-21-23(13-17)31-24-14-18(8-10-22(24)32-27(21)35)26(34)29-12-11-19-15-28-16-30-19/h3-10,13-16,31H,11-12H2,1-2H3,(H,28,30)(H,29,34)(H,32,35). The highest BCUT2D eigenvalue weighted by molar-refractivity contribution is 7.92. The number of hydrogen-bond acceptors (Lipinski definition) is 6. The van der Waals surface area contributed by atoms with Gasteiger partial charge in [-0.2, -0.15) is 0 Å². The lowest BCUT2D eigenvalue weighted by Gasteiger charge is -2.21. The van der Waals surface area contributed by atoms with Crippen molar-refractivity contribution >= 4 is 44.6 Å². The molecule has 10 nitrogen and oxygen atoms in total. The summed E-state index contributed by atoms with van der Waals surface area (Å²) in [5.41, 5.74) is 5.37. The van der Waals surface area contributed by atoms with E-state index in [1.807, 2.05) is 12.1 Å². The van der Waals surface area contributed by atoms with Crippen LogP contribution in [0.15, 0.2) is 73.2 Å². The first-order valence-electron chi connectivity index (χ1n) is 11.9. The van der Waals surface area contributed by atoms with Crippen LogP contribution in [-0.2, 0) is 16.4 Å². The first-order valence-corrected chi connectivity index (χ1v) is 13.7. The van der Waals surface area contributed by atoms with Crippen molar-refractivity contribution in [3.05, 3.63) is 90.0 Å². The average Bonchev–Trinajstić information content (AvgIpc) is 3.37. The Balaban J connectivity index is 1.44. The van der Waals surface area contributed by atoms with Crippen molar-refractivity contribution in [3.8, 4) is 11.1 Å². The van der Waals surface area contributed by atoms with Gasteiger partial charge in [-0.05, 0) is 42.0 Å². The minimum atomic E-state index is -3.48. The number of sulfonamides is 1. The molecular weight excluding hydrogens is 504 g/mol. The largest absolute Gasteiger partial charge is 0.353 e. The first-order chi connectivity index (χ1) is 18.2. The third-order valence-corrected chi connectivity index (χ3v) is 7.54. The number of benzene rings is 3. The van der Waals surface area contributed by atoms with Gasteiger partial charge >= 0.3 is 0 Å². The van der Waals surface area contributed by atoms with Crippen molar-refractivity contribution < 1.29 is 18.0 Å². The van der Waals surface area contributed by atoms with E-state index in [-0.39, 0.29) is 11.8 Å². The molecule has 0 unspecified atom stereocenters. The Labute approximate surface area is 220 Å². The molecule has 0 radical (unpaired) electrons. The van der Waals surface area contributed by atoms with Gasteiger partial charge in [-0.3, -0.25) is 13.9 Å². The van der Waals surface area contributed by atoms with Gasteiger partial charge in [0.1, 0.15) is 0 Å². The highest BCUT2D eigenvalue weighted by Gasteiger charge is 2.22. The number of nitrogens with one attached hydrogen (secondary N) is 4. The Bertz CT molecular complexity index is 1630. The summed E-state index contributed by atoms with van der Waals surface area (Å²) in [6.07, 6.45) is 5.08. The van der Waals surface area contributed by atoms with E-state index in [1.165, 1.54) is 11.4 Å². The predicted molar refractivity (Wildman–Crippen MR) is 147 cm³/mol. The summed E-state index contributed by atoms with van der Waals surface area (Å²) in [5, 5.41) is 9.06. The van der Waals surface area contributed by atoms with E-state index in [4.69, 9.17) is 0 Å². The molecule has 1 aromatic heterocycles. The van der Waals surface area contributed by atoms with Gasteiger partial charge in [-0.25, -0.2) is 13.4 Å². The number of carbonyl (C=O) groups excluding carboxylic acids is 2. The molecule has 1 aliphatic rings. The number of para-hydroxylation sites is 1. The van der Waals surface area contributed by atoms with Crippen molar-refractivity contribution in [2.75, 3.05) is 34.8 Å². The van der Waals surface area contributed by atoms with Crippen molar-refractivity contribution in [2.24, 2.45) is 0 Å². The van der Waals surface area contributed by atoms with Crippen LogP contribution in [0.5, 0.6) is 0 Å². The Kier molecular flexibility index (Phi) is 6.60. The molecule has 5 rings (SSSR count). The Morgan fingerprint density at radius 3 is 2.55 bits per heavy atom. The fourth-order valence-corrected chi connectivity index (χ4v) is 4.77. The van der Waals surface area contributed by atoms with Crippen LogP contribution in [0.4, 0.5) is 22.7 Å². The van der Waals surface area contributed by atoms with Gasteiger partial charge in [-0.15, -0.1) is 0 Å². The fourth-order valence-electron chi connectivity index (χ4n) is 4.25. The van der Waals surface area contributed by atoms with Gasteiger partial charge in [0.05, 0.1) is 40.9 Å². The van der Waals surface area contributed by atoms with Crippen molar-refractivity contribution in [1.29, 1.82) is 0 Å². The zero-order valence-corrected chi connectivity index (χ0v) is 21.6. The van der Waals surface area contributed by atoms with E-state index < -0.39 is 10.0 Å². The molecule has 0 saturated carbocycles. The third kappa shape index (κ3) is 5.09. The van der Waals surface area contributed by atoms with Crippen LogP contribution in [0.25, 0.3) is 11.1 Å². The zero-order chi connectivity index (χ0) is 26.9. The number of aromatic nitrogens is 2. The van der Waals surface area contributed by atoms with Crippen molar-refractivity contribution in [3.63, 3.8) is 0 Å². The number of anilines is 4. The predicted octanol–water partition coefficient (Wildman–Crippen LogP) is 3.75. The molecule has 0 spiro atoms. The van der Waals surface area contributed by atoms with Crippen LogP contribution in [-0.4, -0.2) is 50.0 Å². The fraction of sp³-hybridized carbons (Fsp3) is 0.148. The Hall–Kier alpha value is -4.64. The summed E-state index contributed by atoms with van der Waals surface area (Å²) in [7, 11) is -1.98. The summed E-state index contributed by atoms with van der Waals surface area (Å²) in [6.45, 7) is 0.440. The van der Waals surface area contributed by atoms with Gasteiger partial charge in [0.2, 0.25) is 10.0 Å². The van der Waals surface area contributed by atoms with E-state index >= 15 is 0 Å². The second kappa shape index (κ2) is 10.0. The van der Waals surface area contributed by atoms with Crippen LogP contribution in [0.1, 0.15) is 26.4 Å². The zero-order valence-electron chi connectivity index (χ0n) is 20.8. The third-order valence-electron chi connectivity index (χ3n) is 6.35. The van der Waals surface area contributed by atoms with E-state index in [9.17, 15) is 18.0 Å². The Morgan fingerprint density at radius 1 is 0.974 bits per heavy atom. The molecular formula is C27H26N6O4S. The van der Waals surface area contributed by atoms with Crippen LogP contribution in [0.3, 0.4) is 0 Å². The molecule has 38 heavy (non-hydrogen) atoms. The molecule has 0 atom stereocenters. The molecule has 1 aliphatic heterocycles. The number of rotatable bonds is 7. The first kappa shape index (κ1) is 25.0. The summed E-state index contributed by atoms with van der Waals surface area (Å²) >= 11 is 0. The number of hydrogen-bond donors (Lipinski definition) is 4. The second-order valence-electron chi connectivity index (χ2n) is 8.93. The van der Waals surface area contributed by atoms with Crippen molar-refractivity contribution in [2.45, 2.75) is 6.42 Å². The molecule has 0 bridgehead atoms. The number of imidazole rings is 1. The van der Waals surface area contributed by atoms with Gasteiger partial charge in [0, 0.05) is 43.0 Å². The van der Waals surface area contributed by atoms with Crippen LogP contribution in [0, 0.1) is 0 Å². The summed E-state index contributed by atoms with van der Waals surface area (Å²) < 4.78 is 25.6. The quantitative estimate of drug-likeness (QED) is 0.287. The van der Waals surface area contributed by atoms with Gasteiger partial charge in [0.15, 0.2) is 0 Å². The maximum atomic E-state index is 13.0. The van der Waals surface area contributed by atoms with E-state index in [2.05, 4.69) is 25.9 Å². The number of nitrogens with zero attached hydrogens (tertiary/aromatic N) is 2. The molecule has 0 saturated heterocycles. The summed E-state index contributed by atoms with van der Waals surface area (Å²) in [6, 6.07) is 17.5. The number of carbonyl (C=O) groups is 2. The normalized spacial score (nSPS) is 12.4. The molecule has 4 aromatic rings. The molecule has 2 heterocycles. The van der Waals surface area contributed by atoms with Crippen LogP contribution < -0.4 is 20.3 Å². The smallest absolute Gasteiger partial charge is 0.257 e.